The van der Waals surface area contributed by atoms with Crippen LogP contribution in [-0.2, 0) is 4.79 Å². The predicted octanol–water partition coefficient (Wildman–Crippen LogP) is 1.10. The van der Waals surface area contributed by atoms with Crippen LogP contribution in [0.15, 0.2) is 24.3 Å². The minimum atomic E-state index is -0.624. The van der Waals surface area contributed by atoms with E-state index in [0.29, 0.717) is 10.8 Å². The zero-order valence-corrected chi connectivity index (χ0v) is 8.41. The average molecular weight is 215 g/mol. The van der Waals surface area contributed by atoms with Crippen LogP contribution in [0.2, 0.25) is 5.02 Å². The van der Waals surface area contributed by atoms with Crippen LogP contribution in [0.25, 0.3) is 0 Å². The Labute approximate surface area is 87.0 Å². The molecule has 0 heterocycles. The number of carbonyl (C=O) groups is 1. The van der Waals surface area contributed by atoms with Gasteiger partial charge in [0.2, 0.25) is 0 Å². The van der Waals surface area contributed by atoms with Crippen LogP contribution in [0.5, 0.6) is 5.75 Å². The fourth-order valence-electron chi connectivity index (χ4n) is 0.888. The second-order valence-corrected chi connectivity index (χ2v) is 3.16. The van der Waals surface area contributed by atoms with Crippen LogP contribution >= 0.6 is 11.6 Å². The molecule has 0 aromatic heterocycles. The first-order valence-electron chi connectivity index (χ1n) is 4.06. The Morgan fingerprint density at radius 2 is 2.07 bits per heavy atom. The van der Waals surface area contributed by atoms with E-state index in [-0.39, 0.29) is 5.91 Å². The van der Waals surface area contributed by atoms with Crippen molar-refractivity contribution in [3.05, 3.63) is 29.3 Å². The lowest BCUT2D eigenvalue weighted by molar-refractivity contribution is -0.127. The molecule has 0 aliphatic heterocycles. The van der Waals surface area contributed by atoms with Crippen molar-refractivity contribution in [1.82, 2.24) is 5.43 Å². The molecule has 0 bridgehead atoms. The molecule has 1 rings (SSSR count). The van der Waals surface area contributed by atoms with Crippen LogP contribution in [0.4, 0.5) is 0 Å². The van der Waals surface area contributed by atoms with Crippen molar-refractivity contribution in [3.63, 3.8) is 0 Å². The van der Waals surface area contributed by atoms with Crippen LogP contribution < -0.4 is 16.0 Å². The van der Waals surface area contributed by atoms with Gasteiger partial charge in [-0.3, -0.25) is 10.2 Å². The minimum Gasteiger partial charge on any atom is -0.481 e. The van der Waals surface area contributed by atoms with Crippen molar-refractivity contribution in [3.8, 4) is 5.75 Å². The van der Waals surface area contributed by atoms with Crippen molar-refractivity contribution in [2.75, 3.05) is 0 Å². The first-order chi connectivity index (χ1) is 6.63. The molecule has 1 amide bonds. The summed E-state index contributed by atoms with van der Waals surface area (Å²) in [7, 11) is 0. The van der Waals surface area contributed by atoms with Gasteiger partial charge in [0.05, 0.1) is 0 Å². The number of carbonyl (C=O) groups excluding carboxylic acids is 1. The molecule has 1 aromatic carbocycles. The summed E-state index contributed by atoms with van der Waals surface area (Å²) < 4.78 is 5.27. The molecule has 0 aliphatic carbocycles. The maximum atomic E-state index is 11.0. The van der Waals surface area contributed by atoms with Gasteiger partial charge in [-0.2, -0.15) is 0 Å². The third-order valence-corrected chi connectivity index (χ3v) is 1.89. The lowest BCUT2D eigenvalue weighted by atomic mass is 10.3. The third-order valence-electron chi connectivity index (χ3n) is 1.64. The van der Waals surface area contributed by atoms with E-state index in [4.69, 9.17) is 22.2 Å². The summed E-state index contributed by atoms with van der Waals surface area (Å²) in [4.78, 5) is 11.0. The summed E-state index contributed by atoms with van der Waals surface area (Å²) in [6.45, 7) is 1.61. The highest BCUT2D eigenvalue weighted by molar-refractivity contribution is 6.30. The normalized spacial score (nSPS) is 11.9. The topological polar surface area (TPSA) is 64.3 Å². The molecular formula is C9H11ClN2O2. The molecule has 0 spiro atoms. The Kier molecular flexibility index (Phi) is 3.73. The number of hydrazine groups is 1. The maximum Gasteiger partial charge on any atom is 0.274 e. The Morgan fingerprint density at radius 3 is 2.57 bits per heavy atom. The fraction of sp³-hybridized carbons (Fsp3) is 0.222. The van der Waals surface area contributed by atoms with Gasteiger partial charge in [-0.15, -0.1) is 0 Å². The number of hydrogen-bond donors (Lipinski definition) is 2. The number of amides is 1. The first-order valence-corrected chi connectivity index (χ1v) is 4.44. The van der Waals surface area contributed by atoms with Gasteiger partial charge in [0.25, 0.3) is 5.91 Å². The van der Waals surface area contributed by atoms with E-state index in [1.807, 2.05) is 5.43 Å². The SMILES string of the molecule is C[C@@H](Oc1ccc(Cl)cc1)C(=O)NN. The maximum absolute atomic E-state index is 11.0. The summed E-state index contributed by atoms with van der Waals surface area (Å²) in [5, 5.41) is 0.619. The summed E-state index contributed by atoms with van der Waals surface area (Å²) in [6.07, 6.45) is -0.624. The minimum absolute atomic E-state index is 0.375. The number of rotatable bonds is 3. The third kappa shape index (κ3) is 2.90. The van der Waals surface area contributed by atoms with Gasteiger partial charge in [-0.25, -0.2) is 5.84 Å². The Hall–Kier alpha value is -1.26. The van der Waals surface area contributed by atoms with Gasteiger partial charge in [-0.05, 0) is 31.2 Å². The van der Waals surface area contributed by atoms with Crippen LogP contribution in [0.1, 0.15) is 6.92 Å². The molecule has 0 fully saturated rings. The summed E-state index contributed by atoms with van der Waals surface area (Å²) in [5.41, 5.74) is 2.01. The Bertz CT molecular complexity index is 313. The fourth-order valence-corrected chi connectivity index (χ4v) is 1.01. The number of hydrogen-bond acceptors (Lipinski definition) is 3. The Balaban J connectivity index is 2.60. The van der Waals surface area contributed by atoms with Crippen molar-refractivity contribution >= 4 is 17.5 Å². The Morgan fingerprint density at radius 1 is 1.50 bits per heavy atom. The zero-order chi connectivity index (χ0) is 10.6. The van der Waals surface area contributed by atoms with Gasteiger partial charge < -0.3 is 4.74 Å². The molecule has 0 aliphatic rings. The number of ether oxygens (including phenoxy) is 1. The second kappa shape index (κ2) is 4.83. The zero-order valence-electron chi connectivity index (χ0n) is 7.66. The smallest absolute Gasteiger partial charge is 0.274 e. The van der Waals surface area contributed by atoms with Crippen LogP contribution in [0.3, 0.4) is 0 Å². The monoisotopic (exact) mass is 214 g/mol. The highest BCUT2D eigenvalue weighted by Crippen LogP contribution is 2.16. The van der Waals surface area contributed by atoms with E-state index in [1.54, 1.807) is 31.2 Å². The van der Waals surface area contributed by atoms with E-state index in [9.17, 15) is 4.79 Å². The van der Waals surface area contributed by atoms with E-state index in [1.165, 1.54) is 0 Å². The largest absolute Gasteiger partial charge is 0.481 e. The molecule has 0 saturated carbocycles. The molecule has 0 radical (unpaired) electrons. The lowest BCUT2D eigenvalue weighted by Gasteiger charge is -2.12. The molecule has 76 valence electrons. The summed E-state index contributed by atoms with van der Waals surface area (Å²) in [6, 6.07) is 6.74. The van der Waals surface area contributed by atoms with Gasteiger partial charge >= 0.3 is 0 Å². The molecule has 14 heavy (non-hydrogen) atoms. The molecule has 4 nitrogen and oxygen atoms in total. The van der Waals surface area contributed by atoms with E-state index >= 15 is 0 Å². The van der Waals surface area contributed by atoms with Crippen molar-refractivity contribution in [2.45, 2.75) is 13.0 Å². The molecule has 3 N–H and O–H groups in total. The highest BCUT2D eigenvalue weighted by atomic mass is 35.5. The summed E-state index contributed by atoms with van der Waals surface area (Å²) in [5.74, 6) is 5.15. The van der Waals surface area contributed by atoms with Gasteiger partial charge in [0.15, 0.2) is 6.10 Å². The molecule has 5 heteroatoms. The molecule has 0 saturated heterocycles. The number of benzene rings is 1. The van der Waals surface area contributed by atoms with E-state index < -0.39 is 6.10 Å². The first kappa shape index (κ1) is 10.8. The van der Waals surface area contributed by atoms with Gasteiger partial charge in [-0.1, -0.05) is 11.6 Å². The predicted molar refractivity (Wildman–Crippen MR) is 53.9 cm³/mol. The molecular weight excluding hydrogens is 204 g/mol. The molecule has 0 unspecified atom stereocenters. The quantitative estimate of drug-likeness (QED) is 0.450. The average Bonchev–Trinajstić information content (AvgIpc) is 2.20. The van der Waals surface area contributed by atoms with Crippen molar-refractivity contribution in [1.29, 1.82) is 0 Å². The van der Waals surface area contributed by atoms with Crippen LogP contribution in [-0.4, -0.2) is 12.0 Å². The number of halogens is 1. The van der Waals surface area contributed by atoms with Crippen molar-refractivity contribution in [2.24, 2.45) is 5.84 Å². The lowest BCUT2D eigenvalue weighted by Crippen LogP contribution is -2.40. The van der Waals surface area contributed by atoms with Crippen LogP contribution in [0, 0.1) is 0 Å². The second-order valence-electron chi connectivity index (χ2n) is 2.72. The van der Waals surface area contributed by atoms with Gasteiger partial charge in [0.1, 0.15) is 5.75 Å². The van der Waals surface area contributed by atoms with Crippen molar-refractivity contribution < 1.29 is 9.53 Å². The number of nitrogens with one attached hydrogen (secondary N) is 1. The molecule has 1 atom stereocenters. The molecule has 1 aromatic rings. The van der Waals surface area contributed by atoms with E-state index in [0.717, 1.165) is 0 Å². The van der Waals surface area contributed by atoms with E-state index in [2.05, 4.69) is 0 Å². The highest BCUT2D eigenvalue weighted by Gasteiger charge is 2.12. The standard InChI is InChI=1S/C9H11ClN2O2/c1-6(9(13)12-11)14-8-4-2-7(10)3-5-8/h2-6H,11H2,1H3,(H,12,13)/t6-/m1/s1. The number of nitrogens with two attached hydrogens (primary N) is 1. The summed E-state index contributed by atoms with van der Waals surface area (Å²) >= 11 is 5.68. The van der Waals surface area contributed by atoms with Gasteiger partial charge in [0, 0.05) is 5.02 Å².